The summed E-state index contributed by atoms with van der Waals surface area (Å²) in [6, 6.07) is 5.44. The van der Waals surface area contributed by atoms with Gasteiger partial charge in [0.1, 0.15) is 0 Å². The summed E-state index contributed by atoms with van der Waals surface area (Å²) in [5.74, 6) is 0. The summed E-state index contributed by atoms with van der Waals surface area (Å²) in [5, 5.41) is 4.72. The zero-order valence-electron chi connectivity index (χ0n) is 14.6. The van der Waals surface area contributed by atoms with Gasteiger partial charge in [0.25, 0.3) is 0 Å². The molecule has 5 heteroatoms. The van der Waals surface area contributed by atoms with Crippen molar-refractivity contribution in [3.63, 3.8) is 0 Å². The normalized spacial score (nSPS) is 24.2. The zero-order valence-corrected chi connectivity index (χ0v) is 11.6. The Kier molecular flexibility index (Phi) is 1.93. The Morgan fingerprint density at radius 3 is 2.53 bits per heavy atom. The van der Waals surface area contributed by atoms with E-state index in [1.54, 1.807) is 12.3 Å². The van der Waals surface area contributed by atoms with Crippen molar-refractivity contribution in [2.24, 2.45) is 6.98 Å². The van der Waals surface area contributed by atoms with Crippen LogP contribution in [-0.2, 0) is 16.3 Å². The number of hydrogen-bond acceptors (Lipinski definition) is 3. The quantitative estimate of drug-likeness (QED) is 0.735. The van der Waals surface area contributed by atoms with E-state index in [0.29, 0.717) is 5.52 Å². The van der Waals surface area contributed by atoms with Crippen molar-refractivity contribution in [2.75, 3.05) is 0 Å². The molecule has 1 fully saturated rings. The highest BCUT2D eigenvalue weighted by atomic mass is 16.7. The summed E-state index contributed by atoms with van der Waals surface area (Å²) in [6.45, 7) is 5.71. The van der Waals surface area contributed by atoms with Crippen molar-refractivity contribution in [3.05, 3.63) is 24.4 Å². The molecule has 0 bridgehead atoms. The molecule has 0 spiro atoms. The summed E-state index contributed by atoms with van der Waals surface area (Å²) in [7, 11) is -0.467. The van der Waals surface area contributed by atoms with Gasteiger partial charge >= 0.3 is 7.12 Å². The second-order valence-electron chi connectivity index (χ2n) is 5.96. The molecule has 1 saturated heterocycles. The summed E-state index contributed by atoms with van der Waals surface area (Å²) in [6.07, 6.45) is 1.55. The Morgan fingerprint density at radius 1 is 1.21 bits per heavy atom. The van der Waals surface area contributed by atoms with Gasteiger partial charge in [-0.1, -0.05) is 12.1 Å². The lowest BCUT2D eigenvalue weighted by molar-refractivity contribution is 0.00578. The van der Waals surface area contributed by atoms with Crippen molar-refractivity contribution < 1.29 is 13.4 Å². The first kappa shape index (κ1) is 9.56. The molecule has 0 amide bonds. The molecule has 0 atom stereocenters. The molecule has 0 aliphatic carbocycles. The molecule has 3 rings (SSSR count). The largest absolute Gasteiger partial charge is 0.494 e. The number of nitrogens with zero attached hydrogens (tertiary/aromatic N) is 2. The summed E-state index contributed by atoms with van der Waals surface area (Å²) >= 11 is 0. The van der Waals surface area contributed by atoms with E-state index in [4.69, 9.17) is 13.4 Å². The van der Waals surface area contributed by atoms with E-state index < -0.39 is 25.3 Å². The number of aromatic nitrogens is 2. The molecule has 2 aromatic rings. The number of fused-ring (bicyclic) bond motifs is 1. The van der Waals surface area contributed by atoms with Gasteiger partial charge in [-0.15, -0.1) is 0 Å². The van der Waals surface area contributed by atoms with Gasteiger partial charge in [-0.05, 0) is 39.2 Å². The molecule has 0 saturated carbocycles. The number of aryl methyl sites for hydroxylation is 1. The predicted molar refractivity (Wildman–Crippen MR) is 76.4 cm³/mol. The van der Waals surface area contributed by atoms with Gasteiger partial charge in [-0.2, -0.15) is 5.10 Å². The van der Waals surface area contributed by atoms with Gasteiger partial charge in [0.05, 0.1) is 22.9 Å². The molecule has 4 nitrogen and oxygen atoms in total. The Hall–Kier alpha value is -1.33. The lowest BCUT2D eigenvalue weighted by atomic mass is 9.79. The van der Waals surface area contributed by atoms with E-state index in [0.717, 1.165) is 15.5 Å². The van der Waals surface area contributed by atoms with E-state index in [1.165, 1.54) is 0 Å². The first-order chi connectivity index (χ1) is 10.0. The average molecular weight is 261 g/mol. The molecule has 0 N–H and O–H groups in total. The molecule has 1 aromatic carbocycles. The van der Waals surface area contributed by atoms with Crippen molar-refractivity contribution in [3.8, 4) is 0 Å². The van der Waals surface area contributed by atoms with Crippen LogP contribution in [0.2, 0.25) is 0 Å². The minimum absolute atomic E-state index is 0.407. The van der Waals surface area contributed by atoms with Crippen LogP contribution in [0, 0.1) is 0 Å². The standard InChI is InChI=1S/C14H19BN2O2/c1-13(2)14(3,4)19-15(18-13)11-6-7-12-10(8-11)9-16-17(12)5/h6-9H,1-5H3/i5D3. The van der Waals surface area contributed by atoms with E-state index in [-0.39, 0.29) is 0 Å². The van der Waals surface area contributed by atoms with Crippen LogP contribution in [0.5, 0.6) is 0 Å². The highest BCUT2D eigenvalue weighted by molar-refractivity contribution is 6.62. The van der Waals surface area contributed by atoms with E-state index in [9.17, 15) is 0 Å². The van der Waals surface area contributed by atoms with Gasteiger partial charge in [-0.3, -0.25) is 4.68 Å². The van der Waals surface area contributed by atoms with Crippen LogP contribution < -0.4 is 5.46 Å². The van der Waals surface area contributed by atoms with Crippen LogP contribution >= 0.6 is 0 Å². The highest BCUT2D eigenvalue weighted by Gasteiger charge is 2.51. The predicted octanol–water partition coefficient (Wildman–Crippen LogP) is 1.87. The molecule has 19 heavy (non-hydrogen) atoms. The molecule has 2 heterocycles. The summed E-state index contributed by atoms with van der Waals surface area (Å²) in [5.41, 5.74) is 0.613. The van der Waals surface area contributed by atoms with Crippen LogP contribution in [-0.4, -0.2) is 28.1 Å². The first-order valence-corrected chi connectivity index (χ1v) is 6.35. The monoisotopic (exact) mass is 261 g/mol. The van der Waals surface area contributed by atoms with Gasteiger partial charge in [0.2, 0.25) is 0 Å². The fourth-order valence-corrected chi connectivity index (χ4v) is 2.18. The summed E-state index contributed by atoms with van der Waals surface area (Å²) < 4.78 is 35.5. The van der Waals surface area contributed by atoms with E-state index in [2.05, 4.69) is 5.10 Å². The molecule has 0 unspecified atom stereocenters. The fourth-order valence-electron chi connectivity index (χ4n) is 2.18. The fraction of sp³-hybridized carbons (Fsp3) is 0.500. The van der Waals surface area contributed by atoms with Crippen LogP contribution in [0.15, 0.2) is 24.4 Å². The van der Waals surface area contributed by atoms with Crippen LogP contribution in [0.1, 0.15) is 31.8 Å². The maximum Gasteiger partial charge on any atom is 0.494 e. The minimum atomic E-state index is -2.28. The lowest BCUT2D eigenvalue weighted by Crippen LogP contribution is -2.41. The Labute approximate surface area is 118 Å². The lowest BCUT2D eigenvalue weighted by Gasteiger charge is -2.32. The molecule has 100 valence electrons. The number of hydrogen-bond donors (Lipinski definition) is 0. The number of benzene rings is 1. The van der Waals surface area contributed by atoms with Gasteiger partial charge < -0.3 is 9.31 Å². The second-order valence-corrected chi connectivity index (χ2v) is 5.96. The van der Waals surface area contributed by atoms with Gasteiger partial charge in [-0.25, -0.2) is 0 Å². The van der Waals surface area contributed by atoms with Crippen LogP contribution in [0.3, 0.4) is 0 Å². The van der Waals surface area contributed by atoms with E-state index >= 15 is 0 Å². The van der Waals surface area contributed by atoms with Crippen LogP contribution in [0.4, 0.5) is 0 Å². The van der Waals surface area contributed by atoms with Crippen molar-refractivity contribution >= 4 is 23.5 Å². The Bertz CT molecular complexity index is 708. The number of rotatable bonds is 1. The van der Waals surface area contributed by atoms with Crippen molar-refractivity contribution in [1.82, 2.24) is 9.78 Å². The molecule has 1 aromatic heterocycles. The zero-order chi connectivity index (χ0) is 16.3. The van der Waals surface area contributed by atoms with Crippen molar-refractivity contribution in [1.29, 1.82) is 0 Å². The van der Waals surface area contributed by atoms with Crippen molar-refractivity contribution in [2.45, 2.75) is 38.9 Å². The summed E-state index contributed by atoms with van der Waals surface area (Å²) in [4.78, 5) is 0. The molecular weight excluding hydrogens is 239 g/mol. The first-order valence-electron chi connectivity index (χ1n) is 7.85. The Balaban J connectivity index is 1.98. The smallest absolute Gasteiger partial charge is 0.399 e. The van der Waals surface area contributed by atoms with E-state index in [1.807, 2.05) is 39.8 Å². The average Bonchev–Trinajstić information content (AvgIpc) is 2.87. The Morgan fingerprint density at radius 2 is 1.89 bits per heavy atom. The van der Waals surface area contributed by atoms with Crippen LogP contribution in [0.25, 0.3) is 10.9 Å². The third-order valence-electron chi connectivity index (χ3n) is 4.12. The minimum Gasteiger partial charge on any atom is -0.399 e. The third-order valence-corrected chi connectivity index (χ3v) is 4.12. The molecule has 1 aliphatic heterocycles. The highest BCUT2D eigenvalue weighted by Crippen LogP contribution is 2.36. The maximum absolute atomic E-state index is 7.48. The molecule has 0 radical (unpaired) electrons. The molecular formula is C14H19BN2O2. The topological polar surface area (TPSA) is 36.3 Å². The third kappa shape index (κ3) is 1.88. The SMILES string of the molecule is [2H]C([2H])([2H])n1ncc2cc(B3OC(C)(C)C(C)(C)O3)ccc21. The van der Waals surface area contributed by atoms with Gasteiger partial charge in [0.15, 0.2) is 0 Å². The second kappa shape index (κ2) is 3.84. The maximum atomic E-state index is 7.48. The van der Waals surface area contributed by atoms with Gasteiger partial charge in [0, 0.05) is 16.5 Å². The molecule has 1 aliphatic rings.